The van der Waals surface area contributed by atoms with E-state index in [1.807, 2.05) is 42.5 Å². The third kappa shape index (κ3) is 11.9. The minimum Gasteiger partial charge on any atom is -0.670 e. The van der Waals surface area contributed by atoms with Crippen LogP contribution in [-0.4, -0.2) is 0 Å². The number of hydrogen-bond donors (Lipinski definition) is 0. The van der Waals surface area contributed by atoms with Crippen molar-refractivity contribution in [3.05, 3.63) is 54.9 Å². The van der Waals surface area contributed by atoms with Gasteiger partial charge in [-0.3, -0.25) is 0 Å². The summed E-state index contributed by atoms with van der Waals surface area (Å²) in [5.41, 5.74) is 0. The molecule has 0 unspecified atom stereocenters. The van der Waals surface area contributed by atoms with Gasteiger partial charge in [0.2, 0.25) is 0 Å². The summed E-state index contributed by atoms with van der Waals surface area (Å²) in [6.45, 7) is 0. The third-order valence-electron chi connectivity index (χ3n) is 1.01. The van der Waals surface area contributed by atoms with Gasteiger partial charge in [0.15, 0.2) is 0 Å². The Labute approximate surface area is 95.1 Å². The molecule has 0 amide bonds. The minimum absolute atomic E-state index is 0.556. The molecule has 2 rings (SSSR count). The fraction of sp³-hybridized carbons (Fsp3) is 0. The van der Waals surface area contributed by atoms with Crippen molar-refractivity contribution in [2.75, 3.05) is 0 Å². The van der Waals surface area contributed by atoms with E-state index >= 15 is 0 Å². The monoisotopic (exact) mass is 249 g/mol. The maximum Gasteiger partial charge on any atom is -0.0860 e. The van der Waals surface area contributed by atoms with Crippen molar-refractivity contribution in [1.82, 2.24) is 4.98 Å². The van der Waals surface area contributed by atoms with Crippen LogP contribution in [0.15, 0.2) is 54.9 Å². The molecule has 0 radical (unpaired) electrons. The van der Waals surface area contributed by atoms with Crippen LogP contribution < -0.4 is 4.98 Å². The van der Waals surface area contributed by atoms with Gasteiger partial charge in [0.25, 0.3) is 0 Å². The minimum atomic E-state index is -0.556. The summed E-state index contributed by atoms with van der Waals surface area (Å²) in [5, 5.41) is 0. The number of nitrogens with zero attached hydrogens (tertiary/aromatic N) is 1. The second-order valence-corrected chi connectivity index (χ2v) is 4.44. The predicted octanol–water partition coefficient (Wildman–Crippen LogP) is 3.43. The van der Waals surface area contributed by atoms with Crippen LogP contribution in [0, 0.1) is 0 Å². The van der Waals surface area contributed by atoms with Crippen molar-refractivity contribution in [2.45, 2.75) is 0 Å². The fourth-order valence-electron chi connectivity index (χ4n) is 0.569. The molecule has 0 fully saturated rings. The molecule has 2 aromatic rings. The van der Waals surface area contributed by atoms with Crippen LogP contribution in [0.5, 0.6) is 0 Å². The Morgan fingerprint density at radius 3 is 1.54 bits per heavy atom. The van der Waals surface area contributed by atoms with Crippen molar-refractivity contribution >= 4 is 18.6 Å². The maximum atomic E-state index is 4.89. The van der Waals surface area contributed by atoms with Crippen LogP contribution in [0.2, 0.25) is 0 Å². The van der Waals surface area contributed by atoms with Gasteiger partial charge in [-0.1, -0.05) is 12.1 Å². The molecule has 1 nitrogen and oxygen atoms in total. The summed E-state index contributed by atoms with van der Waals surface area (Å²) >= 11 is -0.556. The van der Waals surface area contributed by atoms with E-state index in [1.165, 1.54) is 0 Å². The first-order valence-corrected chi connectivity index (χ1v) is 7.86. The molecule has 1 aromatic carbocycles. The van der Waals surface area contributed by atoms with Gasteiger partial charge >= 0.3 is 35.6 Å². The Kier molecular flexibility index (Phi) is 11.9. The predicted molar refractivity (Wildman–Crippen MR) is 53.5 cm³/mol. The topological polar surface area (TPSA) is 14.1 Å². The van der Waals surface area contributed by atoms with Crippen LogP contribution in [0.25, 0.3) is 0 Å². The number of rotatable bonds is 0. The molecule has 0 aliphatic rings. The summed E-state index contributed by atoms with van der Waals surface area (Å²) < 4.78 is 0. The number of hydrogen-bond acceptors (Lipinski definition) is 0. The van der Waals surface area contributed by atoms with Crippen LogP contribution >= 0.6 is 18.6 Å². The molecule has 0 spiro atoms. The standard InChI is InChI=1S/C5H5.C4H4N.2ClH.Ti/c2*1-2-4-5-3-1;;;/h1-5H;1-4H;2*1H;/q2*-1;;;+2/p-2. The summed E-state index contributed by atoms with van der Waals surface area (Å²) in [5.74, 6) is 0. The molecule has 0 saturated heterocycles. The largest absolute Gasteiger partial charge is 0.670 e. The van der Waals surface area contributed by atoms with Gasteiger partial charge in [-0.25, -0.2) is 12.1 Å². The molecule has 0 aliphatic heterocycles. The van der Waals surface area contributed by atoms with Crippen molar-refractivity contribution < 1.29 is 17.0 Å². The quantitative estimate of drug-likeness (QED) is 0.516. The zero-order chi connectivity index (χ0) is 9.78. The van der Waals surface area contributed by atoms with Crippen molar-refractivity contribution in [3.63, 3.8) is 0 Å². The summed E-state index contributed by atoms with van der Waals surface area (Å²) in [6, 6.07) is 13.8. The summed E-state index contributed by atoms with van der Waals surface area (Å²) in [6.07, 6.45) is 3.50. The first-order chi connectivity index (χ1) is 6.41. The van der Waals surface area contributed by atoms with Crippen LogP contribution in [0.4, 0.5) is 0 Å². The molecule has 0 N–H and O–H groups in total. The molecule has 4 heteroatoms. The Morgan fingerprint density at radius 1 is 0.923 bits per heavy atom. The molecular formula is C9H9Cl2NTi-2. The molecule has 70 valence electrons. The molecule has 0 saturated carbocycles. The maximum absolute atomic E-state index is 4.89. The second-order valence-electron chi connectivity index (χ2n) is 1.87. The first-order valence-electron chi connectivity index (χ1n) is 3.56. The Hall–Kier alpha value is -0.0757. The summed E-state index contributed by atoms with van der Waals surface area (Å²) in [7, 11) is 9.78. The van der Waals surface area contributed by atoms with Crippen LogP contribution in [-0.2, 0) is 17.0 Å². The van der Waals surface area contributed by atoms with Crippen molar-refractivity contribution in [1.29, 1.82) is 0 Å². The van der Waals surface area contributed by atoms with Gasteiger partial charge in [0.1, 0.15) is 0 Å². The summed E-state index contributed by atoms with van der Waals surface area (Å²) in [4.78, 5) is 3.72. The van der Waals surface area contributed by atoms with E-state index < -0.39 is 17.0 Å². The Balaban J connectivity index is 0.000000174. The molecule has 13 heavy (non-hydrogen) atoms. The van der Waals surface area contributed by atoms with Crippen LogP contribution in [0.3, 0.4) is 0 Å². The van der Waals surface area contributed by atoms with E-state index in [0.717, 1.165) is 0 Å². The molecule has 0 bridgehead atoms. The van der Waals surface area contributed by atoms with Gasteiger partial charge < -0.3 is 4.98 Å². The van der Waals surface area contributed by atoms with E-state index in [9.17, 15) is 0 Å². The number of aromatic nitrogens is 1. The van der Waals surface area contributed by atoms with E-state index in [2.05, 4.69) is 4.98 Å². The van der Waals surface area contributed by atoms with E-state index in [4.69, 9.17) is 18.6 Å². The second kappa shape index (κ2) is 11.9. The molecule has 0 aliphatic carbocycles. The first kappa shape index (κ1) is 12.9. The van der Waals surface area contributed by atoms with Crippen molar-refractivity contribution in [2.24, 2.45) is 0 Å². The van der Waals surface area contributed by atoms with Crippen molar-refractivity contribution in [3.8, 4) is 0 Å². The molecule has 1 heterocycles. The van der Waals surface area contributed by atoms with Gasteiger partial charge in [-0.05, 0) is 0 Å². The fourth-order valence-corrected chi connectivity index (χ4v) is 0.569. The number of halogens is 2. The Bertz CT molecular complexity index is 169. The Morgan fingerprint density at radius 2 is 1.38 bits per heavy atom. The van der Waals surface area contributed by atoms with Gasteiger partial charge in [-0.15, -0.1) is 0 Å². The van der Waals surface area contributed by atoms with Crippen LogP contribution in [0.1, 0.15) is 0 Å². The molecular weight excluding hydrogens is 241 g/mol. The normalized spacial score (nSPS) is 7.23. The van der Waals surface area contributed by atoms with E-state index in [-0.39, 0.29) is 0 Å². The SMILES string of the molecule is [Cl][Ti][Cl].c1cc[cH-]c1.c1cc[n-]c1. The zero-order valence-electron chi connectivity index (χ0n) is 6.90. The molecule has 0 atom stereocenters. The molecule has 1 aromatic heterocycles. The average Bonchev–Trinajstić information content (AvgIpc) is 2.85. The van der Waals surface area contributed by atoms with E-state index in [1.54, 1.807) is 12.4 Å². The van der Waals surface area contributed by atoms with E-state index in [0.29, 0.717) is 0 Å². The van der Waals surface area contributed by atoms with Gasteiger partial charge in [0, 0.05) is 0 Å². The van der Waals surface area contributed by atoms with Gasteiger partial charge in [-0.2, -0.15) is 30.6 Å². The smallest absolute Gasteiger partial charge is 0.0860 e. The average molecular weight is 250 g/mol. The zero-order valence-corrected chi connectivity index (χ0v) is 9.97. The van der Waals surface area contributed by atoms with Gasteiger partial charge in [0.05, 0.1) is 0 Å². The third-order valence-corrected chi connectivity index (χ3v) is 1.01.